The Kier molecular flexibility index (Phi) is 5.91. The zero-order chi connectivity index (χ0) is 18.5. The number of nitrogens with zero attached hydrogens (tertiary/aromatic N) is 4. The molecule has 0 radical (unpaired) electrons. The first kappa shape index (κ1) is 18.4. The molecule has 7 heteroatoms. The molecule has 3 rings (SSSR count). The molecule has 0 amide bonds. The zero-order valence-corrected chi connectivity index (χ0v) is 16.1. The highest BCUT2D eigenvalue weighted by Gasteiger charge is 2.11. The van der Waals surface area contributed by atoms with Crippen LogP contribution in [0, 0.1) is 6.92 Å². The average Bonchev–Trinajstić information content (AvgIpc) is 2.63. The molecule has 0 bridgehead atoms. The third kappa shape index (κ3) is 4.62. The van der Waals surface area contributed by atoms with E-state index in [-0.39, 0.29) is 0 Å². The predicted octanol–water partition coefficient (Wildman–Crippen LogP) is 4.91. The van der Waals surface area contributed by atoms with Crippen LogP contribution in [0.5, 0.6) is 0 Å². The van der Waals surface area contributed by atoms with E-state index in [4.69, 9.17) is 23.2 Å². The molecule has 0 fully saturated rings. The molecular weight excluding hydrogens is 369 g/mol. The lowest BCUT2D eigenvalue weighted by Crippen LogP contribution is -2.23. The molecule has 134 valence electrons. The van der Waals surface area contributed by atoms with Crippen molar-refractivity contribution in [1.29, 1.82) is 0 Å². The number of aryl methyl sites for hydroxylation is 1. The Balaban J connectivity index is 1.76. The van der Waals surface area contributed by atoms with Crippen LogP contribution in [0.3, 0.4) is 0 Å². The number of anilines is 3. The topological polar surface area (TPSA) is 53.9 Å². The van der Waals surface area contributed by atoms with Crippen molar-refractivity contribution in [2.45, 2.75) is 13.3 Å². The average molecular weight is 388 g/mol. The van der Waals surface area contributed by atoms with Crippen LogP contribution in [0.2, 0.25) is 10.0 Å². The number of halogens is 2. The second kappa shape index (κ2) is 8.34. The summed E-state index contributed by atoms with van der Waals surface area (Å²) in [7, 11) is 1.97. The van der Waals surface area contributed by atoms with Gasteiger partial charge in [-0.15, -0.1) is 0 Å². The summed E-state index contributed by atoms with van der Waals surface area (Å²) in [5, 5.41) is 4.29. The Morgan fingerprint density at radius 1 is 1.04 bits per heavy atom. The molecule has 0 unspecified atom stereocenters. The summed E-state index contributed by atoms with van der Waals surface area (Å²) in [4.78, 5) is 15.2. The third-order valence-electron chi connectivity index (χ3n) is 3.88. The Labute approximate surface area is 163 Å². The number of nitrogens with one attached hydrogen (secondary N) is 1. The van der Waals surface area contributed by atoms with Crippen molar-refractivity contribution in [3.05, 3.63) is 70.1 Å². The van der Waals surface area contributed by atoms with Crippen molar-refractivity contribution < 1.29 is 0 Å². The molecule has 0 saturated carbocycles. The lowest BCUT2D eigenvalue weighted by Gasteiger charge is -2.19. The van der Waals surface area contributed by atoms with E-state index in [0.717, 1.165) is 18.7 Å². The molecule has 0 saturated heterocycles. The van der Waals surface area contributed by atoms with E-state index in [2.05, 4.69) is 20.3 Å². The molecule has 0 aliphatic rings. The first-order valence-corrected chi connectivity index (χ1v) is 8.95. The number of benzene rings is 1. The maximum atomic E-state index is 6.23. The van der Waals surface area contributed by atoms with E-state index in [9.17, 15) is 0 Å². The fourth-order valence-electron chi connectivity index (χ4n) is 2.48. The fraction of sp³-hybridized carbons (Fsp3) is 0.211. The van der Waals surface area contributed by atoms with E-state index in [0.29, 0.717) is 27.5 Å². The largest absolute Gasteiger partial charge is 0.343 e. The third-order valence-corrected chi connectivity index (χ3v) is 4.51. The van der Waals surface area contributed by atoms with Gasteiger partial charge in [0.05, 0.1) is 15.7 Å². The Bertz CT molecular complexity index is 866. The highest BCUT2D eigenvalue weighted by Crippen LogP contribution is 2.32. The Morgan fingerprint density at radius 2 is 1.73 bits per heavy atom. The molecule has 0 atom stereocenters. The summed E-state index contributed by atoms with van der Waals surface area (Å²) >= 11 is 12.5. The molecule has 1 N–H and O–H groups in total. The minimum absolute atomic E-state index is 0.543. The minimum Gasteiger partial charge on any atom is -0.343 e. The van der Waals surface area contributed by atoms with Gasteiger partial charge in [0.25, 0.3) is 0 Å². The van der Waals surface area contributed by atoms with Crippen molar-refractivity contribution in [3.63, 3.8) is 0 Å². The van der Waals surface area contributed by atoms with Crippen molar-refractivity contribution >= 4 is 40.7 Å². The Morgan fingerprint density at radius 3 is 2.42 bits per heavy atom. The van der Waals surface area contributed by atoms with Crippen LogP contribution in [0.4, 0.5) is 17.5 Å². The molecule has 0 aliphatic heterocycles. The smallest absolute Gasteiger partial charge is 0.227 e. The Hall–Kier alpha value is -2.37. The number of pyridine rings is 1. The van der Waals surface area contributed by atoms with Crippen LogP contribution in [0.15, 0.2) is 48.8 Å². The van der Waals surface area contributed by atoms with Crippen molar-refractivity contribution in [3.8, 4) is 0 Å². The van der Waals surface area contributed by atoms with Gasteiger partial charge in [0.15, 0.2) is 0 Å². The van der Waals surface area contributed by atoms with Gasteiger partial charge < -0.3 is 10.2 Å². The molecule has 2 heterocycles. The lowest BCUT2D eigenvalue weighted by molar-refractivity contribution is 0.833. The SMILES string of the molecule is Cc1cc(Nc2c(Cl)cccc2Cl)nc(N(C)CCc2ccncc2)n1. The summed E-state index contributed by atoms with van der Waals surface area (Å²) in [5.41, 5.74) is 2.72. The number of hydrogen-bond donors (Lipinski definition) is 1. The van der Waals surface area contributed by atoms with E-state index >= 15 is 0 Å². The van der Waals surface area contributed by atoms with E-state index < -0.39 is 0 Å². The van der Waals surface area contributed by atoms with Crippen LogP contribution in [-0.4, -0.2) is 28.5 Å². The molecule has 1 aromatic carbocycles. The van der Waals surface area contributed by atoms with Gasteiger partial charge in [-0.25, -0.2) is 4.98 Å². The lowest BCUT2D eigenvalue weighted by atomic mass is 10.2. The summed E-state index contributed by atoms with van der Waals surface area (Å²) in [5.74, 6) is 1.29. The van der Waals surface area contributed by atoms with Crippen LogP contribution in [0.25, 0.3) is 0 Å². The molecule has 26 heavy (non-hydrogen) atoms. The molecule has 3 aromatic rings. The number of para-hydroxylation sites is 1. The molecule has 0 spiro atoms. The van der Waals surface area contributed by atoms with Gasteiger partial charge in [0.1, 0.15) is 5.82 Å². The van der Waals surface area contributed by atoms with Crippen molar-refractivity contribution in [2.24, 2.45) is 0 Å². The van der Waals surface area contributed by atoms with Crippen molar-refractivity contribution in [1.82, 2.24) is 15.0 Å². The highest BCUT2D eigenvalue weighted by molar-refractivity contribution is 6.39. The van der Waals surface area contributed by atoms with Crippen molar-refractivity contribution in [2.75, 3.05) is 23.8 Å². The normalized spacial score (nSPS) is 10.6. The second-order valence-electron chi connectivity index (χ2n) is 5.94. The van der Waals surface area contributed by atoms with Crippen LogP contribution >= 0.6 is 23.2 Å². The van der Waals surface area contributed by atoms with Gasteiger partial charge in [-0.2, -0.15) is 4.98 Å². The van der Waals surface area contributed by atoms with E-state index in [1.54, 1.807) is 30.6 Å². The van der Waals surface area contributed by atoms with Crippen LogP contribution < -0.4 is 10.2 Å². The molecule has 0 aliphatic carbocycles. The minimum atomic E-state index is 0.543. The zero-order valence-electron chi connectivity index (χ0n) is 14.6. The second-order valence-corrected chi connectivity index (χ2v) is 6.76. The number of aromatic nitrogens is 3. The number of likely N-dealkylation sites (N-methyl/N-ethyl adjacent to an activating group) is 1. The first-order valence-electron chi connectivity index (χ1n) is 8.19. The number of hydrogen-bond acceptors (Lipinski definition) is 5. The van der Waals surface area contributed by atoms with Gasteiger partial charge >= 0.3 is 0 Å². The van der Waals surface area contributed by atoms with Crippen LogP contribution in [0.1, 0.15) is 11.3 Å². The summed E-state index contributed by atoms with van der Waals surface area (Å²) in [6.45, 7) is 2.72. The fourth-order valence-corrected chi connectivity index (χ4v) is 2.97. The monoisotopic (exact) mass is 387 g/mol. The van der Waals surface area contributed by atoms with Gasteiger partial charge in [0.2, 0.25) is 5.95 Å². The van der Waals surface area contributed by atoms with E-state index in [1.807, 2.05) is 37.1 Å². The molecule has 2 aromatic heterocycles. The summed E-state index contributed by atoms with van der Waals surface area (Å²) in [6.07, 6.45) is 4.48. The van der Waals surface area contributed by atoms with Crippen LogP contribution in [-0.2, 0) is 6.42 Å². The predicted molar refractivity (Wildman–Crippen MR) is 108 cm³/mol. The molecular formula is C19H19Cl2N5. The first-order chi connectivity index (χ1) is 12.5. The van der Waals surface area contributed by atoms with Gasteiger partial charge in [-0.1, -0.05) is 29.3 Å². The summed E-state index contributed by atoms with van der Waals surface area (Å²) in [6, 6.07) is 11.3. The quantitative estimate of drug-likeness (QED) is 0.650. The van der Waals surface area contributed by atoms with E-state index in [1.165, 1.54) is 5.56 Å². The van der Waals surface area contributed by atoms with Gasteiger partial charge in [-0.3, -0.25) is 4.98 Å². The standard InChI is InChI=1S/C19H19Cl2N5/c1-13-12-17(24-18-15(20)4-3-5-16(18)21)25-19(23-13)26(2)11-8-14-6-9-22-10-7-14/h3-7,9-10,12H,8,11H2,1-2H3,(H,23,24,25). The maximum absolute atomic E-state index is 6.23. The molecule has 5 nitrogen and oxygen atoms in total. The highest BCUT2D eigenvalue weighted by atomic mass is 35.5. The van der Waals surface area contributed by atoms with Gasteiger partial charge in [0, 0.05) is 37.7 Å². The van der Waals surface area contributed by atoms with Gasteiger partial charge in [-0.05, 0) is 43.2 Å². The number of rotatable bonds is 6. The maximum Gasteiger partial charge on any atom is 0.227 e. The summed E-state index contributed by atoms with van der Waals surface area (Å²) < 4.78 is 0.